The molecule has 0 radical (unpaired) electrons. The van der Waals surface area contributed by atoms with E-state index in [0.717, 1.165) is 30.1 Å². The average Bonchev–Trinajstić information content (AvgIpc) is 2.80. The van der Waals surface area contributed by atoms with Crippen LogP contribution in [0.2, 0.25) is 0 Å². The maximum absolute atomic E-state index is 5.99. The predicted octanol–water partition coefficient (Wildman–Crippen LogP) is 3.59. The molecule has 0 saturated carbocycles. The summed E-state index contributed by atoms with van der Waals surface area (Å²) in [6.07, 6.45) is 6.13. The van der Waals surface area contributed by atoms with E-state index in [1.807, 2.05) is 6.07 Å². The second-order valence-electron chi connectivity index (χ2n) is 4.76. The summed E-state index contributed by atoms with van der Waals surface area (Å²) in [6.45, 7) is 2.22. The van der Waals surface area contributed by atoms with Gasteiger partial charge in [0.2, 0.25) is 0 Å². The highest BCUT2D eigenvalue weighted by Gasteiger charge is 2.26. The Balaban J connectivity index is 2.08. The molecule has 18 heavy (non-hydrogen) atoms. The van der Waals surface area contributed by atoms with E-state index < -0.39 is 0 Å². The number of ether oxygens (including phenoxy) is 3. The van der Waals surface area contributed by atoms with Gasteiger partial charge >= 0.3 is 0 Å². The Bertz CT molecular complexity index is 401. The molecule has 1 aromatic carbocycles. The van der Waals surface area contributed by atoms with Crippen LogP contribution in [0.5, 0.6) is 17.2 Å². The Hall–Kier alpha value is -1.38. The van der Waals surface area contributed by atoms with Crippen LogP contribution in [-0.2, 0) is 6.42 Å². The largest absolute Gasteiger partial charge is 0.497 e. The second kappa shape index (κ2) is 5.98. The van der Waals surface area contributed by atoms with Crippen molar-refractivity contribution in [1.82, 2.24) is 0 Å². The molecule has 2 rings (SSSR count). The van der Waals surface area contributed by atoms with Gasteiger partial charge < -0.3 is 14.2 Å². The molecule has 3 nitrogen and oxygen atoms in total. The van der Waals surface area contributed by atoms with E-state index >= 15 is 0 Å². The molecule has 100 valence electrons. The minimum absolute atomic E-state index is 0.299. The van der Waals surface area contributed by atoms with E-state index in [2.05, 4.69) is 13.0 Å². The van der Waals surface area contributed by atoms with Crippen molar-refractivity contribution in [2.45, 2.75) is 45.1 Å². The quantitative estimate of drug-likeness (QED) is 0.722. The smallest absolute Gasteiger partial charge is 0.165 e. The highest BCUT2D eigenvalue weighted by atomic mass is 16.5. The van der Waals surface area contributed by atoms with Gasteiger partial charge in [-0.25, -0.2) is 0 Å². The summed E-state index contributed by atoms with van der Waals surface area (Å²) in [5.74, 6) is 2.52. The van der Waals surface area contributed by atoms with E-state index in [9.17, 15) is 0 Å². The van der Waals surface area contributed by atoms with Crippen molar-refractivity contribution in [3.63, 3.8) is 0 Å². The molecule has 0 aromatic heterocycles. The van der Waals surface area contributed by atoms with Gasteiger partial charge in [0.25, 0.3) is 0 Å². The Morgan fingerprint density at radius 3 is 2.72 bits per heavy atom. The number of methoxy groups -OCH3 is 2. The Morgan fingerprint density at radius 2 is 2.06 bits per heavy atom. The fourth-order valence-corrected chi connectivity index (χ4v) is 2.42. The van der Waals surface area contributed by atoms with E-state index in [1.54, 1.807) is 14.2 Å². The lowest BCUT2D eigenvalue weighted by molar-refractivity contribution is 0.209. The molecule has 0 N–H and O–H groups in total. The lowest BCUT2D eigenvalue weighted by atomic mass is 10.0. The van der Waals surface area contributed by atoms with Gasteiger partial charge in [0, 0.05) is 18.1 Å². The van der Waals surface area contributed by atoms with E-state index in [0.29, 0.717) is 6.10 Å². The molecule has 1 aromatic rings. The number of hydrogen-bond acceptors (Lipinski definition) is 3. The Labute approximate surface area is 109 Å². The second-order valence-corrected chi connectivity index (χ2v) is 4.76. The van der Waals surface area contributed by atoms with Crippen molar-refractivity contribution >= 4 is 0 Å². The lowest BCUT2D eigenvalue weighted by Gasteiger charge is -2.12. The Morgan fingerprint density at radius 1 is 1.22 bits per heavy atom. The van der Waals surface area contributed by atoms with Crippen LogP contribution in [0.15, 0.2) is 12.1 Å². The Kier molecular flexibility index (Phi) is 4.34. The van der Waals surface area contributed by atoms with Crippen LogP contribution < -0.4 is 14.2 Å². The summed E-state index contributed by atoms with van der Waals surface area (Å²) in [7, 11) is 3.35. The molecule has 3 heteroatoms. The standard InChI is InChI=1S/C15H22O3/c1-4-5-6-7-12-8-11-9-13(16-2)10-14(17-3)15(11)18-12/h9-10,12H,4-8H2,1-3H3/t12-/m1/s1. The van der Waals surface area contributed by atoms with Gasteiger partial charge in [0.05, 0.1) is 14.2 Å². The first-order valence-electron chi connectivity index (χ1n) is 6.70. The fourth-order valence-electron chi connectivity index (χ4n) is 2.42. The number of rotatable bonds is 6. The third-order valence-corrected chi connectivity index (χ3v) is 3.42. The molecule has 1 aliphatic heterocycles. The highest BCUT2D eigenvalue weighted by molar-refractivity contribution is 5.54. The number of fused-ring (bicyclic) bond motifs is 1. The number of benzene rings is 1. The van der Waals surface area contributed by atoms with Gasteiger partial charge in [-0.3, -0.25) is 0 Å². The summed E-state index contributed by atoms with van der Waals surface area (Å²) < 4.78 is 16.6. The van der Waals surface area contributed by atoms with Crippen molar-refractivity contribution < 1.29 is 14.2 Å². The maximum atomic E-state index is 5.99. The predicted molar refractivity (Wildman–Crippen MR) is 71.8 cm³/mol. The first-order chi connectivity index (χ1) is 8.78. The summed E-state index contributed by atoms with van der Waals surface area (Å²) in [5, 5.41) is 0. The SMILES string of the molecule is CCCCC[C@@H]1Cc2cc(OC)cc(OC)c2O1. The molecular formula is C15H22O3. The molecule has 1 heterocycles. The lowest BCUT2D eigenvalue weighted by Crippen LogP contribution is -2.12. The summed E-state index contributed by atoms with van der Waals surface area (Å²) >= 11 is 0. The van der Waals surface area contributed by atoms with Crippen molar-refractivity contribution in [3.05, 3.63) is 17.7 Å². The normalized spacial score (nSPS) is 17.2. The molecule has 1 aliphatic rings. The monoisotopic (exact) mass is 250 g/mol. The maximum Gasteiger partial charge on any atom is 0.165 e. The molecule has 0 spiro atoms. The minimum Gasteiger partial charge on any atom is -0.497 e. The van der Waals surface area contributed by atoms with E-state index in [4.69, 9.17) is 14.2 Å². The van der Waals surface area contributed by atoms with Crippen LogP contribution in [0.4, 0.5) is 0 Å². The van der Waals surface area contributed by atoms with Crippen LogP contribution in [-0.4, -0.2) is 20.3 Å². The van der Waals surface area contributed by atoms with Crippen LogP contribution in [0.25, 0.3) is 0 Å². The van der Waals surface area contributed by atoms with Crippen molar-refractivity contribution in [3.8, 4) is 17.2 Å². The molecule has 0 aliphatic carbocycles. The molecule has 0 amide bonds. The summed E-state index contributed by atoms with van der Waals surface area (Å²) in [6, 6.07) is 3.94. The number of hydrogen-bond donors (Lipinski definition) is 0. The first-order valence-corrected chi connectivity index (χ1v) is 6.70. The van der Waals surface area contributed by atoms with Gasteiger partial charge in [0.1, 0.15) is 11.9 Å². The van der Waals surface area contributed by atoms with Crippen LogP contribution in [0.1, 0.15) is 38.2 Å². The average molecular weight is 250 g/mol. The van der Waals surface area contributed by atoms with E-state index in [-0.39, 0.29) is 0 Å². The van der Waals surface area contributed by atoms with Gasteiger partial charge in [0.15, 0.2) is 11.5 Å². The molecule has 1 atom stereocenters. The highest BCUT2D eigenvalue weighted by Crippen LogP contribution is 2.41. The van der Waals surface area contributed by atoms with E-state index in [1.165, 1.54) is 24.8 Å². The fraction of sp³-hybridized carbons (Fsp3) is 0.600. The topological polar surface area (TPSA) is 27.7 Å². The molecule has 0 unspecified atom stereocenters. The summed E-state index contributed by atoms with van der Waals surface area (Å²) in [5.41, 5.74) is 1.20. The number of unbranched alkanes of at least 4 members (excludes halogenated alkanes) is 2. The van der Waals surface area contributed by atoms with Crippen molar-refractivity contribution in [2.24, 2.45) is 0 Å². The van der Waals surface area contributed by atoms with Gasteiger partial charge in [-0.05, 0) is 18.9 Å². The minimum atomic E-state index is 0.299. The van der Waals surface area contributed by atoms with Crippen LogP contribution in [0, 0.1) is 0 Å². The molecule has 0 fully saturated rings. The van der Waals surface area contributed by atoms with Crippen LogP contribution in [0.3, 0.4) is 0 Å². The first kappa shape index (κ1) is 13.1. The molecule has 0 bridgehead atoms. The van der Waals surface area contributed by atoms with Crippen molar-refractivity contribution in [1.29, 1.82) is 0 Å². The van der Waals surface area contributed by atoms with Crippen molar-refractivity contribution in [2.75, 3.05) is 14.2 Å². The van der Waals surface area contributed by atoms with Gasteiger partial charge in [-0.15, -0.1) is 0 Å². The van der Waals surface area contributed by atoms with Crippen LogP contribution >= 0.6 is 0 Å². The zero-order valence-corrected chi connectivity index (χ0v) is 11.5. The van der Waals surface area contributed by atoms with Gasteiger partial charge in [-0.1, -0.05) is 19.8 Å². The third-order valence-electron chi connectivity index (χ3n) is 3.42. The summed E-state index contributed by atoms with van der Waals surface area (Å²) in [4.78, 5) is 0. The zero-order valence-electron chi connectivity index (χ0n) is 11.5. The third kappa shape index (κ3) is 2.71. The molecule has 0 saturated heterocycles. The zero-order chi connectivity index (χ0) is 13.0. The molecular weight excluding hydrogens is 228 g/mol. The van der Waals surface area contributed by atoms with Gasteiger partial charge in [-0.2, -0.15) is 0 Å².